The van der Waals surface area contributed by atoms with Crippen molar-refractivity contribution in [1.82, 2.24) is 0 Å². The summed E-state index contributed by atoms with van der Waals surface area (Å²) in [7, 11) is 1.63. The van der Waals surface area contributed by atoms with Gasteiger partial charge in [-0.15, -0.1) is 0 Å². The number of nitrogens with zero attached hydrogens (tertiary/aromatic N) is 1. The number of nitrogens with one attached hydrogen (secondary N) is 1. The van der Waals surface area contributed by atoms with E-state index in [9.17, 15) is 5.26 Å². The number of benzene rings is 1. The van der Waals surface area contributed by atoms with Gasteiger partial charge in [-0.3, -0.25) is 0 Å². The van der Waals surface area contributed by atoms with Gasteiger partial charge in [0, 0.05) is 0 Å². The van der Waals surface area contributed by atoms with Crippen molar-refractivity contribution >= 4 is 5.69 Å². The maximum absolute atomic E-state index is 9.36. The van der Waals surface area contributed by atoms with Gasteiger partial charge in [0.15, 0.2) is 0 Å². The zero-order chi connectivity index (χ0) is 12.9. The highest BCUT2D eigenvalue weighted by Gasteiger charge is 2.30. The zero-order valence-electron chi connectivity index (χ0n) is 10.9. The number of rotatable bonds is 5. The molecule has 0 aliphatic rings. The van der Waals surface area contributed by atoms with Crippen molar-refractivity contribution in [2.45, 2.75) is 32.7 Å². The lowest BCUT2D eigenvalue weighted by molar-refractivity contribution is 0.400. The largest absolute Gasteiger partial charge is 0.495 e. The minimum Gasteiger partial charge on any atom is -0.495 e. The molecule has 0 bridgehead atoms. The van der Waals surface area contributed by atoms with E-state index in [1.807, 2.05) is 31.2 Å². The first-order chi connectivity index (χ1) is 8.07. The van der Waals surface area contributed by atoms with E-state index in [1.54, 1.807) is 7.11 Å². The fraction of sp³-hybridized carbons (Fsp3) is 0.500. The lowest BCUT2D eigenvalue weighted by Crippen LogP contribution is -2.39. The molecule has 0 radical (unpaired) electrons. The normalized spacial score (nSPS) is 15.5. The van der Waals surface area contributed by atoms with E-state index in [1.165, 1.54) is 0 Å². The van der Waals surface area contributed by atoms with Gasteiger partial charge in [-0.2, -0.15) is 5.26 Å². The van der Waals surface area contributed by atoms with Crippen LogP contribution in [0, 0.1) is 17.2 Å². The molecule has 0 aliphatic heterocycles. The molecule has 0 aliphatic carbocycles. The van der Waals surface area contributed by atoms with Crippen molar-refractivity contribution in [3.8, 4) is 11.8 Å². The Balaban J connectivity index is 2.99. The van der Waals surface area contributed by atoms with E-state index in [-0.39, 0.29) is 5.92 Å². The summed E-state index contributed by atoms with van der Waals surface area (Å²) in [5, 5.41) is 12.6. The van der Waals surface area contributed by atoms with Gasteiger partial charge >= 0.3 is 0 Å². The number of methoxy groups -OCH3 is 1. The third-order valence-electron chi connectivity index (χ3n) is 3.33. The first-order valence-corrected chi connectivity index (χ1v) is 5.89. The van der Waals surface area contributed by atoms with Gasteiger partial charge in [-0.25, -0.2) is 0 Å². The second kappa shape index (κ2) is 5.58. The fourth-order valence-electron chi connectivity index (χ4n) is 1.70. The van der Waals surface area contributed by atoms with Gasteiger partial charge in [0.25, 0.3) is 0 Å². The molecular formula is C14H20N2O. The Hall–Kier alpha value is -1.69. The molecule has 92 valence electrons. The average molecular weight is 232 g/mol. The summed E-state index contributed by atoms with van der Waals surface area (Å²) in [4.78, 5) is 0. The van der Waals surface area contributed by atoms with Crippen LogP contribution in [0.15, 0.2) is 24.3 Å². The monoisotopic (exact) mass is 232 g/mol. The van der Waals surface area contributed by atoms with Crippen LogP contribution >= 0.6 is 0 Å². The Morgan fingerprint density at radius 2 is 2.12 bits per heavy atom. The van der Waals surface area contributed by atoms with Gasteiger partial charge < -0.3 is 10.1 Å². The standard InChI is InChI=1S/C14H20N2O/c1-5-11(2)14(3,10-15)16-12-8-6-7-9-13(12)17-4/h6-9,11,16H,5H2,1-4H3. The van der Waals surface area contributed by atoms with Gasteiger partial charge in [-0.1, -0.05) is 32.4 Å². The summed E-state index contributed by atoms with van der Waals surface area (Å²) in [5.74, 6) is 1.02. The lowest BCUT2D eigenvalue weighted by Gasteiger charge is -2.30. The average Bonchev–Trinajstić information content (AvgIpc) is 2.38. The highest BCUT2D eigenvalue weighted by Crippen LogP contribution is 2.30. The van der Waals surface area contributed by atoms with Gasteiger partial charge in [0.05, 0.1) is 18.9 Å². The van der Waals surface area contributed by atoms with Crippen LogP contribution in [-0.4, -0.2) is 12.6 Å². The summed E-state index contributed by atoms with van der Waals surface area (Å²) >= 11 is 0. The second-order valence-corrected chi connectivity index (χ2v) is 4.45. The van der Waals surface area contributed by atoms with E-state index in [0.29, 0.717) is 0 Å². The fourth-order valence-corrected chi connectivity index (χ4v) is 1.70. The molecule has 0 heterocycles. The predicted molar refractivity (Wildman–Crippen MR) is 70.1 cm³/mol. The molecule has 0 fully saturated rings. The summed E-state index contributed by atoms with van der Waals surface area (Å²) in [5.41, 5.74) is 0.281. The molecule has 0 saturated carbocycles. The smallest absolute Gasteiger partial charge is 0.141 e. The van der Waals surface area contributed by atoms with Crippen LogP contribution in [0.2, 0.25) is 0 Å². The van der Waals surface area contributed by atoms with Crippen LogP contribution in [0.3, 0.4) is 0 Å². The third-order valence-corrected chi connectivity index (χ3v) is 3.33. The van der Waals surface area contributed by atoms with Crippen LogP contribution in [-0.2, 0) is 0 Å². The molecule has 2 unspecified atom stereocenters. The van der Waals surface area contributed by atoms with Crippen molar-refractivity contribution < 1.29 is 4.74 Å². The SMILES string of the molecule is CCC(C)C(C)(C#N)Nc1ccccc1OC. The van der Waals surface area contributed by atoms with Crippen LogP contribution < -0.4 is 10.1 Å². The molecule has 1 aromatic carbocycles. The van der Waals surface area contributed by atoms with E-state index < -0.39 is 5.54 Å². The Bertz CT molecular complexity index is 411. The molecule has 1 aromatic rings. The first kappa shape index (κ1) is 13.4. The van der Waals surface area contributed by atoms with Gasteiger partial charge in [-0.05, 0) is 25.0 Å². The molecule has 0 aromatic heterocycles. The van der Waals surface area contributed by atoms with E-state index >= 15 is 0 Å². The highest BCUT2D eigenvalue weighted by atomic mass is 16.5. The predicted octanol–water partition coefficient (Wildman–Crippen LogP) is 3.44. The number of hydrogen-bond donors (Lipinski definition) is 1. The van der Waals surface area contributed by atoms with Gasteiger partial charge in [0.1, 0.15) is 11.3 Å². The molecular weight excluding hydrogens is 212 g/mol. The summed E-state index contributed by atoms with van der Waals surface area (Å²) < 4.78 is 5.28. The Kier molecular flexibility index (Phi) is 4.39. The molecule has 1 N–H and O–H groups in total. The molecule has 0 saturated heterocycles. The van der Waals surface area contributed by atoms with Gasteiger partial charge in [0.2, 0.25) is 0 Å². The van der Waals surface area contributed by atoms with Crippen molar-refractivity contribution in [3.63, 3.8) is 0 Å². The molecule has 2 atom stereocenters. The van der Waals surface area contributed by atoms with Crippen LogP contribution in [0.4, 0.5) is 5.69 Å². The highest BCUT2D eigenvalue weighted by molar-refractivity contribution is 5.58. The van der Waals surface area contributed by atoms with E-state index in [2.05, 4.69) is 25.2 Å². The van der Waals surface area contributed by atoms with Crippen LogP contribution in [0.1, 0.15) is 27.2 Å². The summed E-state index contributed by atoms with van der Waals surface area (Å²) in [6, 6.07) is 10.0. The van der Waals surface area contributed by atoms with E-state index in [4.69, 9.17) is 4.74 Å². The minimum atomic E-state index is -0.580. The molecule has 0 amide bonds. The number of ether oxygens (including phenoxy) is 1. The molecule has 0 spiro atoms. The number of hydrogen-bond acceptors (Lipinski definition) is 3. The van der Waals surface area contributed by atoms with E-state index in [0.717, 1.165) is 17.9 Å². The second-order valence-electron chi connectivity index (χ2n) is 4.45. The maximum Gasteiger partial charge on any atom is 0.141 e. The summed E-state index contributed by atoms with van der Waals surface area (Å²) in [6.45, 7) is 6.09. The topological polar surface area (TPSA) is 45.0 Å². The zero-order valence-corrected chi connectivity index (χ0v) is 10.9. The Morgan fingerprint density at radius 3 is 2.65 bits per heavy atom. The third kappa shape index (κ3) is 2.91. The molecule has 3 nitrogen and oxygen atoms in total. The Morgan fingerprint density at radius 1 is 1.47 bits per heavy atom. The van der Waals surface area contributed by atoms with Crippen molar-refractivity contribution in [1.29, 1.82) is 5.26 Å². The molecule has 17 heavy (non-hydrogen) atoms. The van der Waals surface area contributed by atoms with Crippen molar-refractivity contribution in [2.24, 2.45) is 5.92 Å². The molecule has 3 heteroatoms. The summed E-state index contributed by atoms with van der Waals surface area (Å²) in [6.07, 6.45) is 0.951. The van der Waals surface area contributed by atoms with Crippen LogP contribution in [0.25, 0.3) is 0 Å². The minimum absolute atomic E-state index is 0.261. The van der Waals surface area contributed by atoms with Crippen LogP contribution in [0.5, 0.6) is 5.75 Å². The quantitative estimate of drug-likeness (QED) is 0.845. The lowest BCUT2D eigenvalue weighted by atomic mass is 9.86. The maximum atomic E-state index is 9.36. The first-order valence-electron chi connectivity index (χ1n) is 5.89. The van der Waals surface area contributed by atoms with Crippen molar-refractivity contribution in [2.75, 3.05) is 12.4 Å². The van der Waals surface area contributed by atoms with Crippen molar-refractivity contribution in [3.05, 3.63) is 24.3 Å². The Labute approximate surface area is 103 Å². The number of nitriles is 1. The molecule has 1 rings (SSSR count). The number of anilines is 1. The number of para-hydroxylation sites is 2.